The van der Waals surface area contributed by atoms with Crippen LogP contribution in [0.15, 0.2) is 47.1 Å². The number of hydrogen-bond acceptors (Lipinski definition) is 5. The molecule has 0 radical (unpaired) electrons. The number of nitro groups is 1. The highest BCUT2D eigenvalue weighted by atomic mass is 35.5. The SMILES string of the molecule is Cc1ccc(C2=NOC(=O)C2=Cc2ccc(Cl)cc2Cl)cc1[N+](=O)[O-]. The highest BCUT2D eigenvalue weighted by Crippen LogP contribution is 2.28. The van der Waals surface area contributed by atoms with Crippen molar-refractivity contribution in [2.45, 2.75) is 6.92 Å². The predicted molar refractivity (Wildman–Crippen MR) is 94.9 cm³/mol. The fourth-order valence-electron chi connectivity index (χ4n) is 2.35. The number of nitrogens with zero attached hydrogens (tertiary/aromatic N) is 2. The van der Waals surface area contributed by atoms with Gasteiger partial charge < -0.3 is 4.84 Å². The van der Waals surface area contributed by atoms with E-state index in [0.29, 0.717) is 26.7 Å². The Morgan fingerprint density at radius 3 is 2.64 bits per heavy atom. The predicted octanol–water partition coefficient (Wildman–Crippen LogP) is 4.55. The lowest BCUT2D eigenvalue weighted by Crippen LogP contribution is -2.07. The Balaban J connectivity index is 2.07. The van der Waals surface area contributed by atoms with Gasteiger partial charge in [-0.1, -0.05) is 46.6 Å². The van der Waals surface area contributed by atoms with Gasteiger partial charge in [-0.05, 0) is 30.7 Å². The largest absolute Gasteiger partial charge is 0.368 e. The van der Waals surface area contributed by atoms with Crippen LogP contribution in [-0.4, -0.2) is 16.6 Å². The van der Waals surface area contributed by atoms with E-state index in [9.17, 15) is 14.9 Å². The molecular formula is C17H10Cl2N2O4. The first-order valence-corrected chi connectivity index (χ1v) is 7.84. The normalized spacial score (nSPS) is 15.2. The molecule has 3 rings (SSSR count). The number of benzene rings is 2. The van der Waals surface area contributed by atoms with Crippen LogP contribution in [0.25, 0.3) is 6.08 Å². The molecule has 0 bridgehead atoms. The van der Waals surface area contributed by atoms with Gasteiger partial charge >= 0.3 is 5.97 Å². The molecule has 126 valence electrons. The quantitative estimate of drug-likeness (QED) is 0.340. The summed E-state index contributed by atoms with van der Waals surface area (Å²) in [6.07, 6.45) is 1.51. The first-order valence-electron chi connectivity index (χ1n) is 7.08. The molecule has 0 aromatic heterocycles. The number of carbonyl (C=O) groups excluding carboxylic acids is 1. The van der Waals surface area contributed by atoms with Crippen LogP contribution in [0.2, 0.25) is 10.0 Å². The number of hydrogen-bond donors (Lipinski definition) is 0. The molecule has 0 amide bonds. The third kappa shape index (κ3) is 3.40. The summed E-state index contributed by atoms with van der Waals surface area (Å²) in [6, 6.07) is 9.41. The Labute approximate surface area is 152 Å². The van der Waals surface area contributed by atoms with Crippen LogP contribution in [0, 0.1) is 17.0 Å². The summed E-state index contributed by atoms with van der Waals surface area (Å²) in [6.45, 7) is 1.63. The average Bonchev–Trinajstić information content (AvgIpc) is 2.91. The van der Waals surface area contributed by atoms with E-state index in [0.717, 1.165) is 0 Å². The highest BCUT2D eigenvalue weighted by molar-refractivity contribution is 6.36. The standard InChI is InChI=1S/C17H10Cl2N2O4/c1-9-2-3-11(7-15(9)21(23)24)16-13(17(22)25-20-16)6-10-4-5-12(18)8-14(10)19/h2-8H,1H3. The van der Waals surface area contributed by atoms with Gasteiger partial charge in [0.25, 0.3) is 5.69 Å². The number of rotatable bonds is 3. The lowest BCUT2D eigenvalue weighted by Gasteiger charge is -2.04. The minimum absolute atomic E-state index is 0.0663. The molecule has 0 atom stereocenters. The number of carbonyl (C=O) groups is 1. The number of aryl methyl sites for hydroxylation is 1. The first-order chi connectivity index (χ1) is 11.9. The van der Waals surface area contributed by atoms with Gasteiger partial charge in [0.1, 0.15) is 5.71 Å². The van der Waals surface area contributed by atoms with Crippen LogP contribution >= 0.6 is 23.2 Å². The summed E-state index contributed by atoms with van der Waals surface area (Å²) >= 11 is 12.0. The van der Waals surface area contributed by atoms with Gasteiger partial charge in [-0.15, -0.1) is 0 Å². The maximum absolute atomic E-state index is 12.0. The van der Waals surface area contributed by atoms with Gasteiger partial charge in [-0.3, -0.25) is 10.1 Å². The fraction of sp³-hybridized carbons (Fsp3) is 0.0588. The number of oxime groups is 1. The van der Waals surface area contributed by atoms with Crippen molar-refractivity contribution in [1.82, 2.24) is 0 Å². The molecule has 0 fully saturated rings. The lowest BCUT2D eigenvalue weighted by molar-refractivity contribution is -0.385. The minimum Gasteiger partial charge on any atom is -0.312 e. The van der Waals surface area contributed by atoms with Crippen LogP contribution in [0.1, 0.15) is 16.7 Å². The van der Waals surface area contributed by atoms with E-state index in [4.69, 9.17) is 28.0 Å². The maximum Gasteiger partial charge on any atom is 0.368 e. The molecule has 0 spiro atoms. The zero-order valence-electron chi connectivity index (χ0n) is 12.8. The van der Waals surface area contributed by atoms with Crippen molar-refractivity contribution >= 4 is 46.6 Å². The van der Waals surface area contributed by atoms with E-state index < -0.39 is 10.9 Å². The molecule has 8 heteroatoms. The molecular weight excluding hydrogens is 367 g/mol. The molecule has 1 aliphatic rings. The summed E-state index contributed by atoms with van der Waals surface area (Å²) < 4.78 is 0. The van der Waals surface area contributed by atoms with E-state index in [1.165, 1.54) is 12.1 Å². The van der Waals surface area contributed by atoms with Gasteiger partial charge in [-0.25, -0.2) is 4.79 Å². The van der Waals surface area contributed by atoms with Crippen LogP contribution in [-0.2, 0) is 9.63 Å². The van der Waals surface area contributed by atoms with Crippen LogP contribution in [0.3, 0.4) is 0 Å². The van der Waals surface area contributed by atoms with Crippen molar-refractivity contribution in [3.63, 3.8) is 0 Å². The maximum atomic E-state index is 12.0. The Bertz CT molecular complexity index is 967. The highest BCUT2D eigenvalue weighted by Gasteiger charge is 2.28. The first kappa shape index (κ1) is 17.1. The Morgan fingerprint density at radius 1 is 1.20 bits per heavy atom. The fourth-order valence-corrected chi connectivity index (χ4v) is 2.81. The van der Waals surface area contributed by atoms with Gasteiger partial charge in [-0.2, -0.15) is 0 Å². The zero-order chi connectivity index (χ0) is 18.1. The van der Waals surface area contributed by atoms with Crippen molar-refractivity contribution in [3.05, 3.63) is 78.8 Å². The van der Waals surface area contributed by atoms with Crippen molar-refractivity contribution in [1.29, 1.82) is 0 Å². The van der Waals surface area contributed by atoms with Crippen LogP contribution < -0.4 is 0 Å². The van der Waals surface area contributed by atoms with Gasteiger partial charge in [0.15, 0.2) is 0 Å². The van der Waals surface area contributed by atoms with Crippen LogP contribution in [0.5, 0.6) is 0 Å². The van der Waals surface area contributed by atoms with Gasteiger partial charge in [0.2, 0.25) is 0 Å². The van der Waals surface area contributed by atoms with Crippen molar-refractivity contribution in [3.8, 4) is 0 Å². The molecule has 1 heterocycles. The summed E-state index contributed by atoms with van der Waals surface area (Å²) in [4.78, 5) is 27.4. The molecule has 6 nitrogen and oxygen atoms in total. The zero-order valence-corrected chi connectivity index (χ0v) is 14.3. The third-order valence-electron chi connectivity index (χ3n) is 3.64. The Morgan fingerprint density at radius 2 is 1.96 bits per heavy atom. The van der Waals surface area contributed by atoms with E-state index in [-0.39, 0.29) is 17.0 Å². The smallest absolute Gasteiger partial charge is 0.312 e. The molecule has 0 saturated carbocycles. The summed E-state index contributed by atoms with van der Waals surface area (Å²) in [5, 5.41) is 15.7. The van der Waals surface area contributed by atoms with E-state index in [1.807, 2.05) is 0 Å². The van der Waals surface area contributed by atoms with Crippen LogP contribution in [0.4, 0.5) is 5.69 Å². The van der Waals surface area contributed by atoms with Gasteiger partial charge in [0, 0.05) is 27.2 Å². The number of nitro benzene ring substituents is 1. The monoisotopic (exact) mass is 376 g/mol. The molecule has 2 aromatic carbocycles. The van der Waals surface area contributed by atoms with E-state index >= 15 is 0 Å². The molecule has 0 unspecified atom stereocenters. The van der Waals surface area contributed by atoms with Crippen molar-refractivity contribution in [2.75, 3.05) is 0 Å². The van der Waals surface area contributed by atoms with Gasteiger partial charge in [0.05, 0.1) is 10.5 Å². The summed E-state index contributed by atoms with van der Waals surface area (Å²) in [7, 11) is 0. The van der Waals surface area contributed by atoms with Crippen molar-refractivity contribution in [2.24, 2.45) is 5.16 Å². The minimum atomic E-state index is -0.663. The summed E-state index contributed by atoms with van der Waals surface area (Å²) in [5.74, 6) is -0.663. The van der Waals surface area contributed by atoms with E-state index in [1.54, 1.807) is 37.3 Å². The molecule has 0 N–H and O–H groups in total. The topological polar surface area (TPSA) is 81.8 Å². The lowest BCUT2D eigenvalue weighted by atomic mass is 9.99. The summed E-state index contributed by atoms with van der Waals surface area (Å²) in [5.41, 5.74) is 1.75. The number of halogens is 2. The van der Waals surface area contributed by atoms with Crippen molar-refractivity contribution < 1.29 is 14.6 Å². The molecule has 2 aromatic rings. The Kier molecular flexibility index (Phi) is 4.57. The molecule has 25 heavy (non-hydrogen) atoms. The van der Waals surface area contributed by atoms with E-state index in [2.05, 4.69) is 5.16 Å². The molecule has 1 aliphatic heterocycles. The molecule has 0 aliphatic carbocycles. The molecule has 0 saturated heterocycles. The second-order valence-corrected chi connectivity index (χ2v) is 6.14. The third-order valence-corrected chi connectivity index (χ3v) is 4.20. The Hall–Kier alpha value is -2.70. The second-order valence-electron chi connectivity index (χ2n) is 5.30. The average molecular weight is 377 g/mol. The second kappa shape index (κ2) is 6.66.